The minimum atomic E-state index is 0.228. The molecule has 3 unspecified atom stereocenters. The van der Waals surface area contributed by atoms with Gasteiger partial charge in [-0.3, -0.25) is 4.90 Å². The summed E-state index contributed by atoms with van der Waals surface area (Å²) in [7, 11) is 0. The van der Waals surface area contributed by atoms with Gasteiger partial charge in [-0.15, -0.1) is 0 Å². The van der Waals surface area contributed by atoms with Crippen LogP contribution in [-0.2, 0) is 10.2 Å². The third kappa shape index (κ3) is 4.95. The first-order valence-corrected chi connectivity index (χ1v) is 8.94. The second kappa shape index (κ2) is 7.67. The molecule has 1 saturated heterocycles. The lowest BCUT2D eigenvalue weighted by Crippen LogP contribution is -2.50. The summed E-state index contributed by atoms with van der Waals surface area (Å²) < 4.78 is 11.8. The maximum absolute atomic E-state index is 6.01. The van der Waals surface area contributed by atoms with Crippen LogP contribution in [0, 0.1) is 0 Å². The molecule has 3 heteroatoms. The zero-order chi connectivity index (χ0) is 17.0. The first-order chi connectivity index (χ1) is 10.8. The largest absolute Gasteiger partial charge is 0.492 e. The average Bonchev–Trinajstić information content (AvgIpc) is 2.52. The van der Waals surface area contributed by atoms with Gasteiger partial charge in [0.2, 0.25) is 0 Å². The lowest BCUT2D eigenvalue weighted by Gasteiger charge is -2.38. The van der Waals surface area contributed by atoms with E-state index in [0.29, 0.717) is 18.2 Å². The molecule has 0 amide bonds. The van der Waals surface area contributed by atoms with Crippen LogP contribution in [0.4, 0.5) is 0 Å². The molecule has 1 aromatic rings. The molecular weight excluding hydrogens is 286 g/mol. The van der Waals surface area contributed by atoms with Crippen LogP contribution in [0.1, 0.15) is 53.5 Å². The Labute approximate surface area is 142 Å². The van der Waals surface area contributed by atoms with Crippen molar-refractivity contribution in [1.82, 2.24) is 4.90 Å². The Morgan fingerprint density at radius 1 is 1.17 bits per heavy atom. The molecule has 0 spiro atoms. The summed E-state index contributed by atoms with van der Waals surface area (Å²) in [4.78, 5) is 2.47. The third-order valence-electron chi connectivity index (χ3n) is 5.08. The molecule has 3 atom stereocenters. The molecule has 0 aromatic heterocycles. The van der Waals surface area contributed by atoms with Crippen molar-refractivity contribution in [1.29, 1.82) is 0 Å². The van der Waals surface area contributed by atoms with Gasteiger partial charge in [0.25, 0.3) is 0 Å². The van der Waals surface area contributed by atoms with Crippen LogP contribution in [0.2, 0.25) is 0 Å². The van der Waals surface area contributed by atoms with Crippen molar-refractivity contribution in [3.8, 4) is 5.75 Å². The van der Waals surface area contributed by atoms with Crippen molar-refractivity contribution in [2.75, 3.05) is 19.7 Å². The van der Waals surface area contributed by atoms with Crippen LogP contribution >= 0.6 is 0 Å². The third-order valence-corrected chi connectivity index (χ3v) is 5.08. The first-order valence-electron chi connectivity index (χ1n) is 8.94. The SMILES string of the molecule is CCC(C)(C)c1ccc(OCC(C)N2CC(C)OC(C)C2)cc1. The summed E-state index contributed by atoms with van der Waals surface area (Å²) in [5.41, 5.74) is 1.60. The van der Waals surface area contributed by atoms with Gasteiger partial charge < -0.3 is 9.47 Å². The number of nitrogens with zero attached hydrogens (tertiary/aromatic N) is 1. The fraction of sp³-hybridized carbons (Fsp3) is 0.700. The van der Waals surface area contributed by atoms with E-state index in [0.717, 1.165) is 31.9 Å². The van der Waals surface area contributed by atoms with Crippen LogP contribution < -0.4 is 4.74 Å². The Balaban J connectivity index is 1.88. The summed E-state index contributed by atoms with van der Waals surface area (Å²) in [5.74, 6) is 0.960. The molecule has 0 aliphatic carbocycles. The van der Waals surface area contributed by atoms with Gasteiger partial charge in [0.1, 0.15) is 12.4 Å². The minimum Gasteiger partial charge on any atom is -0.492 e. The second-order valence-electron chi connectivity index (χ2n) is 7.63. The van der Waals surface area contributed by atoms with Crippen molar-refractivity contribution in [3.63, 3.8) is 0 Å². The highest BCUT2D eigenvalue weighted by Crippen LogP contribution is 2.28. The molecule has 0 bridgehead atoms. The molecule has 1 aliphatic heterocycles. The number of hydrogen-bond acceptors (Lipinski definition) is 3. The van der Waals surface area contributed by atoms with E-state index in [1.54, 1.807) is 0 Å². The standard InChI is InChI=1S/C20H33NO2/c1-7-20(5,6)18-8-10-19(11-9-18)22-14-15(2)21-12-16(3)23-17(4)13-21/h8-11,15-17H,7,12-14H2,1-6H3. The summed E-state index contributed by atoms with van der Waals surface area (Å²) in [6.07, 6.45) is 1.74. The summed E-state index contributed by atoms with van der Waals surface area (Å²) >= 11 is 0. The number of morpholine rings is 1. The summed E-state index contributed by atoms with van der Waals surface area (Å²) in [5, 5.41) is 0. The predicted octanol–water partition coefficient (Wildman–Crippen LogP) is 4.25. The van der Waals surface area contributed by atoms with Gasteiger partial charge >= 0.3 is 0 Å². The Morgan fingerprint density at radius 3 is 2.26 bits per heavy atom. The molecule has 0 saturated carbocycles. The van der Waals surface area contributed by atoms with Gasteiger partial charge in [0, 0.05) is 19.1 Å². The molecule has 1 heterocycles. The van der Waals surface area contributed by atoms with E-state index >= 15 is 0 Å². The van der Waals surface area contributed by atoms with E-state index in [1.807, 2.05) is 0 Å². The molecule has 3 nitrogen and oxygen atoms in total. The molecular formula is C20H33NO2. The van der Waals surface area contributed by atoms with Crippen molar-refractivity contribution in [2.45, 2.75) is 71.6 Å². The Kier molecular flexibility index (Phi) is 6.10. The molecule has 1 fully saturated rings. The van der Waals surface area contributed by atoms with Gasteiger partial charge in [-0.25, -0.2) is 0 Å². The number of rotatable bonds is 6. The zero-order valence-electron chi connectivity index (χ0n) is 15.6. The average molecular weight is 319 g/mol. The van der Waals surface area contributed by atoms with Gasteiger partial charge in [0.15, 0.2) is 0 Å². The van der Waals surface area contributed by atoms with Gasteiger partial charge in [-0.05, 0) is 50.3 Å². The molecule has 0 N–H and O–H groups in total. The molecule has 1 aromatic carbocycles. The van der Waals surface area contributed by atoms with Crippen LogP contribution in [-0.4, -0.2) is 42.8 Å². The van der Waals surface area contributed by atoms with E-state index < -0.39 is 0 Å². The van der Waals surface area contributed by atoms with E-state index in [-0.39, 0.29) is 5.41 Å². The Bertz CT molecular complexity index is 473. The van der Waals surface area contributed by atoms with Crippen LogP contribution in [0.3, 0.4) is 0 Å². The van der Waals surface area contributed by atoms with Crippen molar-refractivity contribution >= 4 is 0 Å². The zero-order valence-corrected chi connectivity index (χ0v) is 15.6. The number of benzene rings is 1. The Morgan fingerprint density at radius 2 is 1.74 bits per heavy atom. The predicted molar refractivity (Wildman–Crippen MR) is 96.3 cm³/mol. The maximum Gasteiger partial charge on any atom is 0.119 e. The highest BCUT2D eigenvalue weighted by atomic mass is 16.5. The van der Waals surface area contributed by atoms with E-state index in [4.69, 9.17) is 9.47 Å². The monoisotopic (exact) mass is 319 g/mol. The van der Waals surface area contributed by atoms with Gasteiger partial charge in [0.05, 0.1) is 12.2 Å². The van der Waals surface area contributed by atoms with Crippen molar-refractivity contribution in [3.05, 3.63) is 29.8 Å². The van der Waals surface area contributed by atoms with Crippen LogP contribution in [0.25, 0.3) is 0 Å². The summed E-state index contributed by atoms with van der Waals surface area (Å²) in [6.45, 7) is 16.0. The van der Waals surface area contributed by atoms with Crippen molar-refractivity contribution < 1.29 is 9.47 Å². The fourth-order valence-electron chi connectivity index (χ4n) is 3.11. The number of hydrogen-bond donors (Lipinski definition) is 0. The Hall–Kier alpha value is -1.06. The van der Waals surface area contributed by atoms with E-state index in [9.17, 15) is 0 Å². The topological polar surface area (TPSA) is 21.7 Å². The minimum absolute atomic E-state index is 0.228. The lowest BCUT2D eigenvalue weighted by molar-refractivity contribution is -0.0821. The van der Waals surface area contributed by atoms with Crippen LogP contribution in [0.5, 0.6) is 5.75 Å². The maximum atomic E-state index is 6.01. The normalized spacial score (nSPS) is 24.4. The quantitative estimate of drug-likeness (QED) is 0.782. The number of ether oxygens (including phenoxy) is 2. The second-order valence-corrected chi connectivity index (χ2v) is 7.63. The molecule has 2 rings (SSSR count). The fourth-order valence-corrected chi connectivity index (χ4v) is 3.11. The molecule has 23 heavy (non-hydrogen) atoms. The smallest absolute Gasteiger partial charge is 0.119 e. The van der Waals surface area contributed by atoms with E-state index in [1.165, 1.54) is 5.56 Å². The highest BCUT2D eigenvalue weighted by Gasteiger charge is 2.26. The van der Waals surface area contributed by atoms with Gasteiger partial charge in [-0.1, -0.05) is 32.9 Å². The van der Waals surface area contributed by atoms with E-state index in [2.05, 4.69) is 70.7 Å². The molecule has 130 valence electrons. The molecule has 0 radical (unpaired) electrons. The highest BCUT2D eigenvalue weighted by molar-refractivity contribution is 5.31. The first kappa shape index (κ1) is 18.3. The van der Waals surface area contributed by atoms with Crippen molar-refractivity contribution in [2.24, 2.45) is 0 Å². The van der Waals surface area contributed by atoms with Gasteiger partial charge in [-0.2, -0.15) is 0 Å². The molecule has 1 aliphatic rings. The summed E-state index contributed by atoms with van der Waals surface area (Å²) in [6, 6.07) is 8.99. The lowest BCUT2D eigenvalue weighted by atomic mass is 9.82. The van der Waals surface area contributed by atoms with Crippen LogP contribution in [0.15, 0.2) is 24.3 Å².